The molecule has 0 saturated heterocycles. The van der Waals surface area contributed by atoms with E-state index in [1.54, 1.807) is 7.11 Å². The van der Waals surface area contributed by atoms with Crippen molar-refractivity contribution >= 4 is 23.4 Å². The van der Waals surface area contributed by atoms with Crippen molar-refractivity contribution in [3.05, 3.63) is 11.1 Å². The van der Waals surface area contributed by atoms with E-state index in [1.165, 1.54) is 25.6 Å². The highest BCUT2D eigenvalue weighted by Crippen LogP contribution is 2.34. The zero-order chi connectivity index (χ0) is 11.1. The first kappa shape index (κ1) is 9.77. The van der Waals surface area contributed by atoms with Gasteiger partial charge in [0, 0.05) is 6.04 Å². The Bertz CT molecular complexity index is 584. The van der Waals surface area contributed by atoms with E-state index in [0.717, 1.165) is 11.2 Å². The molecule has 0 atom stereocenters. The van der Waals surface area contributed by atoms with E-state index in [9.17, 15) is 0 Å². The van der Waals surface area contributed by atoms with E-state index >= 15 is 0 Å². The molecule has 84 valence electrons. The van der Waals surface area contributed by atoms with Crippen LogP contribution in [-0.4, -0.2) is 26.6 Å². The predicted octanol–water partition coefficient (Wildman–Crippen LogP) is 2.22. The highest BCUT2D eigenvalue weighted by Gasteiger charge is 2.23. The molecule has 2 aromatic heterocycles. The van der Waals surface area contributed by atoms with Crippen LogP contribution >= 0.6 is 12.2 Å². The number of hydrogen-bond donors (Lipinski definition) is 1. The largest absolute Gasteiger partial charge is 0.479 e. The van der Waals surface area contributed by atoms with E-state index < -0.39 is 0 Å². The molecule has 3 rings (SSSR count). The van der Waals surface area contributed by atoms with Gasteiger partial charge in [0.1, 0.15) is 11.8 Å². The first-order valence-corrected chi connectivity index (χ1v) is 5.71. The van der Waals surface area contributed by atoms with Crippen LogP contribution in [-0.2, 0) is 0 Å². The number of nitrogens with zero attached hydrogens (tertiary/aromatic N) is 3. The second kappa shape index (κ2) is 3.55. The lowest BCUT2D eigenvalue weighted by Crippen LogP contribution is -2.17. The molecule has 2 aromatic rings. The molecule has 0 radical (unpaired) electrons. The fraction of sp³-hybridized carbons (Fsp3) is 0.500. The summed E-state index contributed by atoms with van der Waals surface area (Å²) < 4.78 is 7.97. The molecule has 0 unspecified atom stereocenters. The Labute approximate surface area is 97.5 Å². The molecule has 1 N–H and O–H groups in total. The number of imidazole rings is 1. The van der Waals surface area contributed by atoms with Crippen LogP contribution in [0.1, 0.15) is 25.3 Å². The lowest BCUT2D eigenvalue weighted by Gasteiger charge is -2.26. The van der Waals surface area contributed by atoms with Gasteiger partial charge in [-0.25, -0.2) is 4.98 Å². The van der Waals surface area contributed by atoms with Gasteiger partial charge < -0.3 is 9.72 Å². The molecular weight excluding hydrogens is 224 g/mol. The van der Waals surface area contributed by atoms with Gasteiger partial charge in [-0.2, -0.15) is 4.98 Å². The van der Waals surface area contributed by atoms with Gasteiger partial charge in [-0.3, -0.25) is 4.57 Å². The number of aromatic amines is 1. The maximum absolute atomic E-state index is 5.32. The number of nitrogens with one attached hydrogen (secondary N) is 1. The van der Waals surface area contributed by atoms with Gasteiger partial charge in [0.2, 0.25) is 5.88 Å². The molecule has 1 aliphatic rings. The summed E-state index contributed by atoms with van der Waals surface area (Å²) in [6.07, 6.45) is 5.13. The minimum Gasteiger partial charge on any atom is -0.479 e. The molecule has 5 nitrogen and oxygen atoms in total. The number of fused-ring (bicyclic) bond motifs is 1. The van der Waals surface area contributed by atoms with E-state index in [-0.39, 0.29) is 0 Å². The molecule has 1 saturated carbocycles. The fourth-order valence-corrected chi connectivity index (χ4v) is 2.39. The van der Waals surface area contributed by atoms with Crippen molar-refractivity contribution in [3.8, 4) is 5.88 Å². The monoisotopic (exact) mass is 236 g/mol. The van der Waals surface area contributed by atoms with E-state index in [2.05, 4.69) is 19.5 Å². The average molecular weight is 236 g/mol. The van der Waals surface area contributed by atoms with E-state index in [0.29, 0.717) is 16.7 Å². The lowest BCUT2D eigenvalue weighted by molar-refractivity contribution is 0.316. The van der Waals surface area contributed by atoms with Crippen molar-refractivity contribution in [2.24, 2.45) is 0 Å². The van der Waals surface area contributed by atoms with Crippen LogP contribution in [0.3, 0.4) is 0 Å². The molecule has 0 bridgehead atoms. The maximum atomic E-state index is 5.32. The molecule has 6 heteroatoms. The lowest BCUT2D eigenvalue weighted by atomic mass is 9.93. The van der Waals surface area contributed by atoms with Crippen LogP contribution in [0.25, 0.3) is 11.2 Å². The van der Waals surface area contributed by atoms with Crippen LogP contribution in [0.15, 0.2) is 6.33 Å². The molecule has 1 aliphatic carbocycles. The van der Waals surface area contributed by atoms with Crippen molar-refractivity contribution < 1.29 is 4.74 Å². The zero-order valence-electron chi connectivity index (χ0n) is 8.93. The van der Waals surface area contributed by atoms with Crippen LogP contribution in [0.2, 0.25) is 0 Å². The fourth-order valence-electron chi connectivity index (χ4n) is 2.05. The molecular formula is C10H12N4OS. The third kappa shape index (κ3) is 1.26. The van der Waals surface area contributed by atoms with Gasteiger partial charge in [-0.1, -0.05) is 0 Å². The van der Waals surface area contributed by atoms with Crippen molar-refractivity contribution in [2.75, 3.05) is 7.11 Å². The summed E-state index contributed by atoms with van der Waals surface area (Å²) in [5, 5.41) is 0. The van der Waals surface area contributed by atoms with Gasteiger partial charge >= 0.3 is 0 Å². The third-order valence-corrected chi connectivity index (χ3v) is 3.40. The predicted molar refractivity (Wildman–Crippen MR) is 62.2 cm³/mol. The third-order valence-electron chi connectivity index (χ3n) is 3.10. The molecule has 2 heterocycles. The Morgan fingerprint density at radius 1 is 1.50 bits per heavy atom. The summed E-state index contributed by atoms with van der Waals surface area (Å²) in [7, 11) is 1.60. The highest BCUT2D eigenvalue weighted by atomic mass is 32.1. The van der Waals surface area contributed by atoms with Crippen LogP contribution in [0.5, 0.6) is 5.88 Å². The van der Waals surface area contributed by atoms with Crippen molar-refractivity contribution in [3.63, 3.8) is 0 Å². The normalized spacial score (nSPS) is 16.3. The van der Waals surface area contributed by atoms with E-state index in [4.69, 9.17) is 17.0 Å². The minimum absolute atomic E-state index is 0.487. The Hall–Kier alpha value is -1.43. The summed E-state index contributed by atoms with van der Waals surface area (Å²) in [6.45, 7) is 0. The Morgan fingerprint density at radius 2 is 2.31 bits per heavy atom. The van der Waals surface area contributed by atoms with Gasteiger partial charge in [0.05, 0.1) is 7.11 Å². The Balaban J connectivity index is 2.28. The van der Waals surface area contributed by atoms with Crippen molar-refractivity contribution in [1.29, 1.82) is 0 Å². The number of aromatic nitrogens is 4. The second-order valence-electron chi connectivity index (χ2n) is 3.97. The van der Waals surface area contributed by atoms with Gasteiger partial charge in [-0.15, -0.1) is 0 Å². The zero-order valence-corrected chi connectivity index (χ0v) is 9.75. The number of H-pyrrole nitrogens is 1. The molecule has 16 heavy (non-hydrogen) atoms. The van der Waals surface area contributed by atoms with Crippen molar-refractivity contribution in [1.82, 2.24) is 19.5 Å². The van der Waals surface area contributed by atoms with Gasteiger partial charge in [0.15, 0.2) is 10.4 Å². The summed E-state index contributed by atoms with van der Waals surface area (Å²) in [5.41, 5.74) is 1.64. The number of ether oxygens (including phenoxy) is 1. The van der Waals surface area contributed by atoms with Crippen LogP contribution < -0.4 is 4.74 Å². The number of hydrogen-bond acceptors (Lipinski definition) is 4. The Kier molecular flexibility index (Phi) is 2.17. The summed E-state index contributed by atoms with van der Waals surface area (Å²) in [4.78, 5) is 11.5. The molecule has 0 spiro atoms. The smallest absolute Gasteiger partial charge is 0.242 e. The van der Waals surface area contributed by atoms with Crippen LogP contribution in [0, 0.1) is 4.77 Å². The average Bonchev–Trinajstić information content (AvgIpc) is 2.54. The van der Waals surface area contributed by atoms with E-state index in [1.807, 2.05) is 0 Å². The highest BCUT2D eigenvalue weighted by molar-refractivity contribution is 7.71. The summed E-state index contributed by atoms with van der Waals surface area (Å²) >= 11 is 5.32. The van der Waals surface area contributed by atoms with Gasteiger partial charge in [0.25, 0.3) is 0 Å². The number of methoxy groups -OCH3 is 1. The first-order chi connectivity index (χ1) is 7.81. The van der Waals surface area contributed by atoms with Crippen LogP contribution in [0.4, 0.5) is 0 Å². The maximum Gasteiger partial charge on any atom is 0.242 e. The first-order valence-electron chi connectivity index (χ1n) is 5.30. The van der Waals surface area contributed by atoms with Gasteiger partial charge in [-0.05, 0) is 31.5 Å². The Morgan fingerprint density at radius 3 is 2.94 bits per heavy atom. The molecule has 0 aliphatic heterocycles. The topological polar surface area (TPSA) is 55.7 Å². The summed E-state index contributed by atoms with van der Waals surface area (Å²) in [6, 6.07) is 0.487. The number of rotatable bonds is 2. The molecule has 1 fully saturated rings. The SMILES string of the molecule is COc1ncnc2c1[nH]c(=S)n2C1CCC1. The second-order valence-corrected chi connectivity index (χ2v) is 4.35. The van der Waals surface area contributed by atoms with Crippen molar-refractivity contribution in [2.45, 2.75) is 25.3 Å². The quantitative estimate of drug-likeness (QED) is 0.812. The molecule has 0 amide bonds. The molecule has 0 aromatic carbocycles. The summed E-state index contributed by atoms with van der Waals surface area (Å²) in [5.74, 6) is 0.550. The standard InChI is InChI=1S/C10H12N4OS/c1-15-9-7-8(11-5-12-9)14(10(16)13-7)6-3-2-4-6/h5-6H,2-4H2,1H3,(H,13,16). The minimum atomic E-state index is 0.487.